The summed E-state index contributed by atoms with van der Waals surface area (Å²) >= 11 is 6.26. The monoisotopic (exact) mass is 505 g/mol. The Bertz CT molecular complexity index is 1570. The molecule has 0 radical (unpaired) electrons. The lowest BCUT2D eigenvalue weighted by Crippen LogP contribution is -2.09. The van der Waals surface area contributed by atoms with E-state index in [1.165, 1.54) is 0 Å². The predicted molar refractivity (Wildman–Crippen MR) is 141 cm³/mol. The van der Waals surface area contributed by atoms with Crippen molar-refractivity contribution >= 4 is 17.6 Å². The Labute approximate surface area is 218 Å². The first-order valence-corrected chi connectivity index (χ1v) is 11.8. The summed E-state index contributed by atoms with van der Waals surface area (Å²) in [4.78, 5) is 17.2. The van der Waals surface area contributed by atoms with E-state index >= 15 is 0 Å². The summed E-state index contributed by atoms with van der Waals surface area (Å²) in [6.07, 6.45) is 0. The first-order chi connectivity index (χ1) is 18.1. The maximum absolute atomic E-state index is 12.8. The van der Waals surface area contributed by atoms with Crippen LogP contribution in [0, 0.1) is 11.3 Å². The molecule has 0 aliphatic rings. The Balaban J connectivity index is 1.34. The number of hydrogen-bond acceptors (Lipinski definition) is 5. The first kappa shape index (κ1) is 23.9. The summed E-state index contributed by atoms with van der Waals surface area (Å²) in [6, 6.07) is 35.0. The van der Waals surface area contributed by atoms with Gasteiger partial charge in [-0.3, -0.25) is 0 Å². The molecule has 0 atom stereocenters. The molecule has 7 heteroatoms. The Kier molecular flexibility index (Phi) is 6.98. The van der Waals surface area contributed by atoms with E-state index in [1.54, 1.807) is 53.1 Å². The summed E-state index contributed by atoms with van der Waals surface area (Å²) in [7, 11) is 0. The fourth-order valence-electron chi connectivity index (χ4n) is 3.82. The van der Waals surface area contributed by atoms with Gasteiger partial charge >= 0.3 is 5.97 Å². The largest absolute Gasteiger partial charge is 0.457 e. The van der Waals surface area contributed by atoms with Crippen molar-refractivity contribution in [3.8, 4) is 34.7 Å². The molecule has 0 spiro atoms. The number of aromatic nitrogens is 2. The van der Waals surface area contributed by atoms with Crippen LogP contribution in [-0.2, 0) is 6.54 Å². The molecule has 0 aliphatic heterocycles. The van der Waals surface area contributed by atoms with Crippen molar-refractivity contribution in [2.24, 2.45) is 0 Å². The smallest absolute Gasteiger partial charge is 0.343 e. The summed E-state index contributed by atoms with van der Waals surface area (Å²) in [5, 5.41) is 9.77. The third kappa shape index (κ3) is 5.53. The molecule has 0 unspecified atom stereocenters. The van der Waals surface area contributed by atoms with Gasteiger partial charge in [-0.1, -0.05) is 78.3 Å². The minimum absolute atomic E-state index is 0.134. The Morgan fingerprint density at radius 3 is 2.19 bits per heavy atom. The van der Waals surface area contributed by atoms with Crippen LogP contribution in [0.5, 0.6) is 17.2 Å². The van der Waals surface area contributed by atoms with E-state index in [4.69, 9.17) is 21.1 Å². The van der Waals surface area contributed by atoms with Gasteiger partial charge in [-0.25, -0.2) is 9.78 Å². The zero-order valence-electron chi connectivity index (χ0n) is 19.5. The van der Waals surface area contributed by atoms with Crippen LogP contribution in [0.15, 0.2) is 109 Å². The number of nitrogens with zero attached hydrogens (tertiary/aromatic N) is 3. The zero-order chi connectivity index (χ0) is 25.6. The van der Waals surface area contributed by atoms with Crippen LogP contribution < -0.4 is 9.47 Å². The molecule has 0 saturated heterocycles. The Morgan fingerprint density at radius 2 is 1.49 bits per heavy atom. The van der Waals surface area contributed by atoms with Crippen molar-refractivity contribution in [1.82, 2.24) is 9.55 Å². The fraction of sp³-hybridized carbons (Fsp3) is 0.0333. The van der Waals surface area contributed by atoms with Gasteiger partial charge in [0.05, 0.1) is 12.1 Å². The minimum atomic E-state index is -0.508. The number of benzene rings is 4. The van der Waals surface area contributed by atoms with Crippen molar-refractivity contribution in [2.75, 3.05) is 0 Å². The van der Waals surface area contributed by atoms with Crippen LogP contribution in [0.1, 0.15) is 21.6 Å². The fourth-order valence-corrected chi connectivity index (χ4v) is 4.04. The van der Waals surface area contributed by atoms with Crippen LogP contribution in [-0.4, -0.2) is 15.5 Å². The van der Waals surface area contributed by atoms with Crippen molar-refractivity contribution in [3.63, 3.8) is 0 Å². The number of para-hydroxylation sites is 1. The molecule has 4 aromatic carbocycles. The maximum atomic E-state index is 12.8. The van der Waals surface area contributed by atoms with E-state index in [1.807, 2.05) is 60.7 Å². The van der Waals surface area contributed by atoms with E-state index < -0.39 is 5.97 Å². The molecule has 5 aromatic rings. The van der Waals surface area contributed by atoms with Gasteiger partial charge in [-0.2, -0.15) is 5.26 Å². The Hall–Kier alpha value is -4.86. The third-order valence-electron chi connectivity index (χ3n) is 5.59. The van der Waals surface area contributed by atoms with Gasteiger partial charge in [-0.05, 0) is 42.0 Å². The molecule has 5 rings (SSSR count). The normalized spacial score (nSPS) is 10.5. The van der Waals surface area contributed by atoms with Crippen molar-refractivity contribution < 1.29 is 14.3 Å². The third-order valence-corrected chi connectivity index (χ3v) is 5.85. The van der Waals surface area contributed by atoms with Gasteiger partial charge in [-0.15, -0.1) is 0 Å². The first-order valence-electron chi connectivity index (χ1n) is 11.5. The molecule has 180 valence electrons. The van der Waals surface area contributed by atoms with Gasteiger partial charge in [0.15, 0.2) is 10.8 Å². The summed E-state index contributed by atoms with van der Waals surface area (Å²) < 4.78 is 13.1. The second kappa shape index (κ2) is 10.8. The lowest BCUT2D eigenvalue weighted by atomic mass is 10.1. The SMILES string of the molecule is N#Cc1c(Cl)nc(-c2ccc(C(=O)Oc3cccc(Oc4ccccc4)c3)cc2)n1Cc1ccccc1. The molecule has 0 amide bonds. The molecule has 37 heavy (non-hydrogen) atoms. The molecule has 0 bridgehead atoms. The molecule has 6 nitrogen and oxygen atoms in total. The van der Waals surface area contributed by atoms with Crippen LogP contribution >= 0.6 is 11.6 Å². The highest BCUT2D eigenvalue weighted by atomic mass is 35.5. The molecular weight excluding hydrogens is 486 g/mol. The highest BCUT2D eigenvalue weighted by Crippen LogP contribution is 2.28. The van der Waals surface area contributed by atoms with Crippen LogP contribution in [0.2, 0.25) is 5.15 Å². The van der Waals surface area contributed by atoms with Gasteiger partial charge in [0, 0.05) is 11.6 Å². The second-order valence-corrected chi connectivity index (χ2v) is 8.47. The number of nitriles is 1. The lowest BCUT2D eigenvalue weighted by molar-refractivity contribution is 0.0734. The molecule has 0 fully saturated rings. The van der Waals surface area contributed by atoms with E-state index in [0.717, 1.165) is 5.56 Å². The van der Waals surface area contributed by atoms with Gasteiger partial charge in [0.25, 0.3) is 0 Å². The number of ether oxygens (including phenoxy) is 2. The molecule has 1 aromatic heterocycles. The van der Waals surface area contributed by atoms with E-state index in [9.17, 15) is 10.1 Å². The number of hydrogen-bond donors (Lipinski definition) is 0. The van der Waals surface area contributed by atoms with Gasteiger partial charge in [0.2, 0.25) is 0 Å². The lowest BCUT2D eigenvalue weighted by Gasteiger charge is -2.10. The zero-order valence-corrected chi connectivity index (χ0v) is 20.3. The molecule has 0 N–H and O–H groups in total. The summed E-state index contributed by atoms with van der Waals surface area (Å²) in [5.74, 6) is 1.64. The minimum Gasteiger partial charge on any atom is -0.457 e. The van der Waals surface area contributed by atoms with E-state index in [2.05, 4.69) is 11.1 Å². The maximum Gasteiger partial charge on any atom is 0.343 e. The number of rotatable bonds is 7. The van der Waals surface area contributed by atoms with Crippen molar-refractivity contribution in [2.45, 2.75) is 6.54 Å². The van der Waals surface area contributed by atoms with Gasteiger partial charge < -0.3 is 14.0 Å². The summed E-state index contributed by atoms with van der Waals surface area (Å²) in [5.41, 5.74) is 2.37. The van der Waals surface area contributed by atoms with Crippen LogP contribution in [0.25, 0.3) is 11.4 Å². The number of esters is 1. The van der Waals surface area contributed by atoms with Crippen LogP contribution in [0.3, 0.4) is 0 Å². The quantitative estimate of drug-likeness (QED) is 0.173. The average Bonchev–Trinajstić information content (AvgIpc) is 3.24. The molecule has 1 heterocycles. The van der Waals surface area contributed by atoms with E-state index in [-0.39, 0.29) is 10.8 Å². The van der Waals surface area contributed by atoms with Crippen LogP contribution in [0.4, 0.5) is 0 Å². The number of imidazole rings is 1. The second-order valence-electron chi connectivity index (χ2n) is 8.12. The highest BCUT2D eigenvalue weighted by Gasteiger charge is 2.18. The summed E-state index contributed by atoms with van der Waals surface area (Å²) in [6.45, 7) is 0.434. The average molecular weight is 506 g/mol. The highest BCUT2D eigenvalue weighted by molar-refractivity contribution is 6.30. The standard InChI is InChI=1S/C30H20ClN3O3/c31-28-27(19-32)34(20-21-8-3-1-4-9-21)29(33-28)22-14-16-23(17-15-22)30(35)37-26-13-7-12-25(18-26)36-24-10-5-2-6-11-24/h1-18H,20H2. The number of halogens is 1. The molecule has 0 saturated carbocycles. The Morgan fingerprint density at radius 1 is 0.838 bits per heavy atom. The van der Waals surface area contributed by atoms with Gasteiger partial charge in [0.1, 0.15) is 29.1 Å². The number of carbonyl (C=O) groups excluding carboxylic acids is 1. The van der Waals surface area contributed by atoms with Crippen molar-refractivity contribution in [1.29, 1.82) is 5.26 Å². The number of carbonyl (C=O) groups is 1. The molecule has 0 aliphatic carbocycles. The topological polar surface area (TPSA) is 77.1 Å². The predicted octanol–water partition coefficient (Wildman–Crippen LogP) is 7.13. The van der Waals surface area contributed by atoms with E-state index in [0.29, 0.717) is 40.7 Å². The van der Waals surface area contributed by atoms with Crippen molar-refractivity contribution in [3.05, 3.63) is 131 Å². The molecular formula is C30H20ClN3O3.